The summed E-state index contributed by atoms with van der Waals surface area (Å²) in [6, 6.07) is 121. The molecule has 454 valence electrons. The number of hydrogen-bond acceptors (Lipinski definition) is 3. The Labute approximate surface area is 552 Å². The predicted octanol–water partition coefficient (Wildman–Crippen LogP) is 24.5. The summed E-state index contributed by atoms with van der Waals surface area (Å²) in [5.41, 5.74) is 23.7. The minimum absolute atomic E-state index is 1.08. The Hall–Kier alpha value is -12.4. The molecule has 18 aromatic rings. The second-order valence-corrected chi connectivity index (χ2v) is 24.7. The lowest BCUT2D eigenvalue weighted by molar-refractivity contribution is 1.18. The average molecular weight is 1220 g/mol. The van der Waals surface area contributed by atoms with Gasteiger partial charge in [0, 0.05) is 88.9 Å². The smallest absolute Gasteiger partial charge is 0.0542 e. The highest BCUT2D eigenvalue weighted by Crippen LogP contribution is 2.40. The highest BCUT2D eigenvalue weighted by Gasteiger charge is 2.17. The van der Waals surface area contributed by atoms with Gasteiger partial charge in [-0.3, -0.25) is 0 Å². The number of nitrogens with zero attached hydrogens (tertiary/aromatic N) is 3. The fraction of sp³-hybridized carbons (Fsp3) is 0.0337. The molecular formula is C89H68N6. The third-order valence-corrected chi connectivity index (χ3v) is 18.2. The fourth-order valence-electron chi connectivity index (χ4n) is 13.7. The molecule has 0 bridgehead atoms. The van der Waals surface area contributed by atoms with Crippen molar-refractivity contribution in [2.24, 2.45) is 0 Å². The van der Waals surface area contributed by atoms with Crippen LogP contribution in [0.5, 0.6) is 0 Å². The molecule has 0 spiro atoms. The summed E-state index contributed by atoms with van der Waals surface area (Å²) in [6.07, 6.45) is 0. The van der Waals surface area contributed by atoms with Crippen molar-refractivity contribution in [2.75, 3.05) is 16.0 Å². The molecule has 0 unspecified atom stereocenters. The minimum atomic E-state index is 1.08. The zero-order valence-electron chi connectivity index (χ0n) is 53.2. The topological polar surface area (TPSA) is 50.9 Å². The zero-order valence-corrected chi connectivity index (χ0v) is 53.2. The Balaban J connectivity index is 0.000000112. The number of aromatic nitrogens is 3. The monoisotopic (exact) mass is 1220 g/mol. The van der Waals surface area contributed by atoms with Crippen LogP contribution in [-0.4, -0.2) is 13.7 Å². The highest BCUT2D eigenvalue weighted by molar-refractivity contribution is 6.13. The van der Waals surface area contributed by atoms with E-state index in [4.69, 9.17) is 0 Å². The molecule has 0 radical (unpaired) electrons. The lowest BCUT2D eigenvalue weighted by Gasteiger charge is -2.11. The summed E-state index contributed by atoms with van der Waals surface area (Å²) in [5.74, 6) is 0. The summed E-state index contributed by atoms with van der Waals surface area (Å²) in [4.78, 5) is 0. The van der Waals surface area contributed by atoms with Crippen molar-refractivity contribution in [3.63, 3.8) is 0 Å². The first-order chi connectivity index (χ1) is 46.8. The van der Waals surface area contributed by atoms with Crippen LogP contribution in [0.4, 0.5) is 34.1 Å². The summed E-state index contributed by atoms with van der Waals surface area (Å²) >= 11 is 0. The molecule has 3 heterocycles. The fourth-order valence-corrected chi connectivity index (χ4v) is 13.7. The first-order valence-corrected chi connectivity index (χ1v) is 32.5. The van der Waals surface area contributed by atoms with Gasteiger partial charge in [0.25, 0.3) is 0 Å². The van der Waals surface area contributed by atoms with Gasteiger partial charge in [0.15, 0.2) is 0 Å². The number of hydrogen-bond donors (Lipinski definition) is 3. The normalized spacial score (nSPS) is 11.3. The molecule has 0 aliphatic heterocycles. The summed E-state index contributed by atoms with van der Waals surface area (Å²) in [7, 11) is 0. The molecule has 3 N–H and O–H groups in total. The summed E-state index contributed by atoms with van der Waals surface area (Å²) in [6.45, 7) is 6.47. The Kier molecular flexibility index (Phi) is 15.2. The van der Waals surface area contributed by atoms with E-state index >= 15 is 0 Å². The van der Waals surface area contributed by atoms with Gasteiger partial charge in [0.1, 0.15) is 0 Å². The van der Waals surface area contributed by atoms with E-state index in [1.807, 2.05) is 6.07 Å². The van der Waals surface area contributed by atoms with Crippen molar-refractivity contribution in [3.8, 4) is 28.2 Å². The van der Waals surface area contributed by atoms with Gasteiger partial charge in [-0.1, -0.05) is 199 Å². The van der Waals surface area contributed by atoms with E-state index in [9.17, 15) is 0 Å². The lowest BCUT2D eigenvalue weighted by Crippen LogP contribution is -1.94. The van der Waals surface area contributed by atoms with Crippen LogP contribution in [0.1, 0.15) is 16.7 Å². The molecule has 0 saturated heterocycles. The van der Waals surface area contributed by atoms with Crippen molar-refractivity contribution in [1.82, 2.24) is 13.7 Å². The molecule has 3 aromatic heterocycles. The van der Waals surface area contributed by atoms with Crippen LogP contribution in [0.15, 0.2) is 340 Å². The molecule has 0 fully saturated rings. The van der Waals surface area contributed by atoms with E-state index in [1.54, 1.807) is 0 Å². The maximum absolute atomic E-state index is 3.66. The highest BCUT2D eigenvalue weighted by atomic mass is 15.0. The Morgan fingerprint density at radius 1 is 0.200 bits per heavy atom. The SMILES string of the molecule is Cc1ccc2c(c1)c1cc(Nc3ccc(-c4ccccc4)cc3)ccc1n2-c1ccccc1.Cc1ccc2c(c1)c1cc(Nc3ccc4ccccc4c3)ccc1n2-c1ccccc1.Cc1ccc2c(c1)c1cc(Nc3cccc4ccccc34)ccc1n2-c1ccccc1. The number of aryl methyl sites for hydroxylation is 3. The van der Waals surface area contributed by atoms with Gasteiger partial charge in [0.2, 0.25) is 0 Å². The maximum Gasteiger partial charge on any atom is 0.0542 e. The van der Waals surface area contributed by atoms with Crippen LogP contribution in [0, 0.1) is 20.8 Å². The number of fused-ring (bicyclic) bond motifs is 11. The molecule has 15 aromatic carbocycles. The van der Waals surface area contributed by atoms with Crippen molar-refractivity contribution >= 4 is 121 Å². The van der Waals surface area contributed by atoms with Crippen LogP contribution in [0.3, 0.4) is 0 Å². The molecule has 95 heavy (non-hydrogen) atoms. The molecule has 0 aliphatic carbocycles. The molecule has 0 amide bonds. The van der Waals surface area contributed by atoms with Gasteiger partial charge >= 0.3 is 0 Å². The van der Waals surface area contributed by atoms with E-state index in [2.05, 4.69) is 384 Å². The van der Waals surface area contributed by atoms with Gasteiger partial charge < -0.3 is 29.7 Å². The van der Waals surface area contributed by atoms with Crippen molar-refractivity contribution < 1.29 is 0 Å². The van der Waals surface area contributed by atoms with E-state index in [0.29, 0.717) is 0 Å². The number of rotatable bonds is 10. The standard InChI is InChI=1S/C31H24N2.2C29H22N2/c1-22-12-18-30-28(20-22)29-21-26(17-19-31(29)33(30)27-10-6-3-7-11-27)32-25-15-13-24(14-16-25)23-8-4-2-5-9-23;1-20-14-16-28-25(18-20)26-19-22(15-17-29(26)31(28)23-10-3-2-4-11-23)30-27-13-7-9-21-8-5-6-12-24(21)27;1-20-11-15-28-26(17-20)27-19-24(14-16-29(27)31(28)25-9-3-2-4-10-25)30-23-13-12-21-7-5-6-8-22(21)18-23/h2-21,32H,1H3;2*2-19,30H,1H3. The third kappa shape index (κ3) is 11.4. The minimum Gasteiger partial charge on any atom is -0.356 e. The number of nitrogens with one attached hydrogen (secondary N) is 3. The van der Waals surface area contributed by atoms with E-state index in [1.165, 1.54) is 132 Å². The first-order valence-electron chi connectivity index (χ1n) is 32.5. The predicted molar refractivity (Wildman–Crippen MR) is 406 cm³/mol. The zero-order chi connectivity index (χ0) is 63.8. The van der Waals surface area contributed by atoms with Crippen LogP contribution < -0.4 is 16.0 Å². The number of anilines is 6. The number of benzene rings is 15. The van der Waals surface area contributed by atoms with Crippen molar-refractivity contribution in [3.05, 3.63) is 356 Å². The third-order valence-electron chi connectivity index (χ3n) is 18.2. The van der Waals surface area contributed by atoms with Crippen LogP contribution in [-0.2, 0) is 0 Å². The average Bonchev–Trinajstić information content (AvgIpc) is 1.63. The summed E-state index contributed by atoms with van der Waals surface area (Å²) < 4.78 is 7.05. The lowest BCUT2D eigenvalue weighted by atomic mass is 10.1. The molecule has 0 aliphatic rings. The van der Waals surface area contributed by atoms with Crippen molar-refractivity contribution in [1.29, 1.82) is 0 Å². The van der Waals surface area contributed by atoms with Crippen molar-refractivity contribution in [2.45, 2.75) is 20.8 Å². The molecule has 6 nitrogen and oxygen atoms in total. The van der Waals surface area contributed by atoms with E-state index in [-0.39, 0.29) is 0 Å². The Morgan fingerprint density at radius 3 is 1.00 bits per heavy atom. The van der Waals surface area contributed by atoms with Crippen LogP contribution in [0.25, 0.3) is 115 Å². The number of para-hydroxylation sites is 3. The van der Waals surface area contributed by atoms with Gasteiger partial charge in [-0.25, -0.2) is 0 Å². The second kappa shape index (κ2) is 25.0. The molecule has 6 heteroatoms. The Morgan fingerprint density at radius 2 is 0.526 bits per heavy atom. The van der Waals surface area contributed by atoms with Crippen LogP contribution in [0.2, 0.25) is 0 Å². The quantitative estimate of drug-likeness (QED) is 0.128. The van der Waals surface area contributed by atoms with E-state index in [0.717, 1.165) is 34.1 Å². The van der Waals surface area contributed by atoms with Gasteiger partial charge in [-0.15, -0.1) is 0 Å². The largest absolute Gasteiger partial charge is 0.356 e. The van der Waals surface area contributed by atoms with Gasteiger partial charge in [-0.05, 0) is 206 Å². The summed E-state index contributed by atoms with van der Waals surface area (Å²) in [5, 5.41) is 23.4. The van der Waals surface area contributed by atoms with Gasteiger partial charge in [-0.2, -0.15) is 0 Å². The second-order valence-electron chi connectivity index (χ2n) is 24.7. The van der Waals surface area contributed by atoms with Crippen LogP contribution >= 0.6 is 0 Å². The van der Waals surface area contributed by atoms with Gasteiger partial charge in [0.05, 0.1) is 33.1 Å². The van der Waals surface area contributed by atoms with E-state index < -0.39 is 0 Å². The first kappa shape index (κ1) is 57.8. The molecule has 18 rings (SSSR count). The Bertz CT molecular complexity index is 5820. The molecule has 0 atom stereocenters. The molecule has 0 saturated carbocycles. The maximum atomic E-state index is 3.66. The molecular weight excluding hydrogens is 1150 g/mol.